The van der Waals surface area contributed by atoms with Crippen molar-refractivity contribution in [1.82, 2.24) is 4.90 Å². The summed E-state index contributed by atoms with van der Waals surface area (Å²) in [4.78, 5) is 29.6. The Bertz CT molecular complexity index is 862. The first kappa shape index (κ1) is 21.9. The number of carbonyl (C=O) groups excluding carboxylic acids is 2. The lowest BCUT2D eigenvalue weighted by atomic mass is 10.0. The van der Waals surface area contributed by atoms with E-state index in [0.29, 0.717) is 17.0 Å². The van der Waals surface area contributed by atoms with Crippen molar-refractivity contribution in [3.05, 3.63) is 45.8 Å². The number of rotatable bonds is 8. The van der Waals surface area contributed by atoms with Crippen LogP contribution in [-0.4, -0.2) is 42.7 Å². The zero-order valence-corrected chi connectivity index (χ0v) is 18.9. The topological polar surface area (TPSA) is 58.6 Å². The molecule has 5 nitrogen and oxygen atoms in total. The predicted octanol–water partition coefficient (Wildman–Crippen LogP) is 4.73. The molecule has 2 aromatic rings. The Morgan fingerprint density at radius 3 is 2.72 bits per heavy atom. The number of thiophene rings is 1. The summed E-state index contributed by atoms with van der Waals surface area (Å²) in [5.74, 6) is 0.468. The van der Waals surface area contributed by atoms with E-state index in [1.165, 1.54) is 28.9 Å². The summed E-state index contributed by atoms with van der Waals surface area (Å²) in [5.41, 5.74) is 2.83. The van der Waals surface area contributed by atoms with Gasteiger partial charge in [-0.3, -0.25) is 9.69 Å². The minimum absolute atomic E-state index is 0.0504. The average molecular weight is 433 g/mol. The number of benzene rings is 1. The van der Waals surface area contributed by atoms with Gasteiger partial charge in [0.2, 0.25) is 5.91 Å². The smallest absolute Gasteiger partial charge is 0.341 e. The molecule has 3 rings (SSSR count). The van der Waals surface area contributed by atoms with E-state index < -0.39 is 0 Å². The van der Waals surface area contributed by atoms with Crippen molar-refractivity contribution in [2.24, 2.45) is 0 Å². The van der Waals surface area contributed by atoms with Gasteiger partial charge in [0.05, 0.1) is 12.7 Å². The molecule has 0 saturated heterocycles. The maximum Gasteiger partial charge on any atom is 0.341 e. The Morgan fingerprint density at radius 1 is 1.28 bits per heavy atom. The number of ether oxygens (including phenoxy) is 1. The number of nitrogens with one attached hydrogen (secondary N) is 1. The van der Waals surface area contributed by atoms with E-state index in [4.69, 9.17) is 4.74 Å². The molecule has 1 aromatic heterocycles. The second-order valence-electron chi connectivity index (χ2n) is 7.13. The summed E-state index contributed by atoms with van der Waals surface area (Å²) in [6.07, 6.45) is 2.03. The quantitative estimate of drug-likeness (QED) is 0.371. The third kappa shape index (κ3) is 5.62. The molecular formula is C22H28N2O3S2. The number of likely N-dealkylation sites (N-methyl/N-ethyl adjacent to an activating group) is 1. The summed E-state index contributed by atoms with van der Waals surface area (Å²) in [6.45, 7) is 6.93. The van der Waals surface area contributed by atoms with E-state index >= 15 is 0 Å². The standard InChI is InChI=1S/C22H28N2O3S2/c1-4-24-12-11-17-18(14-24)29-21(20(17)22(26)27-3)23-19(25)6-5-13-28-16-9-7-15(2)8-10-16/h7-10H,4-6,11-14H2,1-3H3,(H,23,25). The van der Waals surface area contributed by atoms with Crippen LogP contribution in [-0.2, 0) is 22.5 Å². The molecule has 1 aromatic carbocycles. The maximum atomic E-state index is 12.5. The first-order chi connectivity index (χ1) is 14.0. The van der Waals surface area contributed by atoms with E-state index in [1.54, 1.807) is 11.8 Å². The number of nitrogens with zero attached hydrogens (tertiary/aromatic N) is 1. The second-order valence-corrected chi connectivity index (χ2v) is 9.41. The molecule has 1 amide bonds. The lowest BCUT2D eigenvalue weighted by Gasteiger charge is -2.25. The maximum absolute atomic E-state index is 12.5. The van der Waals surface area contributed by atoms with Crippen LogP contribution in [0.5, 0.6) is 0 Å². The molecule has 0 saturated carbocycles. The van der Waals surface area contributed by atoms with Crippen molar-refractivity contribution < 1.29 is 14.3 Å². The molecule has 1 N–H and O–H groups in total. The van der Waals surface area contributed by atoms with Gasteiger partial charge in [0.15, 0.2) is 0 Å². The summed E-state index contributed by atoms with van der Waals surface area (Å²) >= 11 is 3.27. The van der Waals surface area contributed by atoms with Crippen molar-refractivity contribution in [2.45, 2.75) is 44.6 Å². The molecule has 0 spiro atoms. The van der Waals surface area contributed by atoms with Crippen molar-refractivity contribution in [1.29, 1.82) is 0 Å². The fraction of sp³-hybridized carbons (Fsp3) is 0.455. The third-order valence-electron chi connectivity index (χ3n) is 5.06. The summed E-state index contributed by atoms with van der Waals surface area (Å²) in [7, 11) is 1.39. The number of anilines is 1. The Morgan fingerprint density at radius 2 is 2.03 bits per heavy atom. The number of hydrogen-bond donors (Lipinski definition) is 1. The fourth-order valence-electron chi connectivity index (χ4n) is 3.38. The first-order valence-electron chi connectivity index (χ1n) is 9.96. The molecule has 7 heteroatoms. The van der Waals surface area contributed by atoms with E-state index in [-0.39, 0.29) is 11.9 Å². The van der Waals surface area contributed by atoms with Crippen LogP contribution in [0.1, 0.15) is 46.1 Å². The number of hydrogen-bond acceptors (Lipinski definition) is 6. The van der Waals surface area contributed by atoms with E-state index in [0.717, 1.165) is 48.7 Å². The minimum atomic E-state index is -0.363. The highest BCUT2D eigenvalue weighted by Gasteiger charge is 2.28. The van der Waals surface area contributed by atoms with Gasteiger partial charge in [0, 0.05) is 29.3 Å². The average Bonchev–Trinajstić information content (AvgIpc) is 3.08. The number of aryl methyl sites for hydroxylation is 1. The van der Waals surface area contributed by atoms with E-state index in [1.807, 2.05) is 0 Å². The normalized spacial score (nSPS) is 13.8. The SMILES string of the molecule is CCN1CCc2c(sc(NC(=O)CCCSc3ccc(C)cc3)c2C(=O)OC)C1. The molecule has 0 bridgehead atoms. The van der Waals surface area contributed by atoms with E-state index in [9.17, 15) is 9.59 Å². The summed E-state index contributed by atoms with van der Waals surface area (Å²) in [5, 5.41) is 3.61. The zero-order valence-electron chi connectivity index (χ0n) is 17.2. The largest absolute Gasteiger partial charge is 0.465 e. The van der Waals surface area contributed by atoms with Crippen molar-refractivity contribution in [3.8, 4) is 0 Å². The van der Waals surface area contributed by atoms with Crippen LogP contribution < -0.4 is 5.32 Å². The molecule has 1 aliphatic rings. The van der Waals surface area contributed by atoms with Crippen LogP contribution >= 0.6 is 23.1 Å². The molecule has 29 heavy (non-hydrogen) atoms. The number of esters is 1. The van der Waals surface area contributed by atoms with Gasteiger partial charge in [-0.2, -0.15) is 0 Å². The number of carbonyl (C=O) groups is 2. The molecule has 1 aliphatic heterocycles. The fourth-order valence-corrected chi connectivity index (χ4v) is 5.53. The van der Waals surface area contributed by atoms with Crippen LogP contribution in [0.3, 0.4) is 0 Å². The molecule has 0 atom stereocenters. The van der Waals surface area contributed by atoms with Crippen molar-refractivity contribution in [2.75, 3.05) is 31.3 Å². The number of thioether (sulfide) groups is 1. The number of amides is 1. The molecule has 0 aliphatic carbocycles. The molecule has 156 valence electrons. The highest BCUT2D eigenvalue weighted by atomic mass is 32.2. The molecule has 2 heterocycles. The van der Waals surface area contributed by atoms with Crippen LogP contribution in [0.4, 0.5) is 5.00 Å². The van der Waals surface area contributed by atoms with E-state index in [2.05, 4.69) is 48.3 Å². The Hall–Kier alpha value is -1.83. The van der Waals surface area contributed by atoms with Gasteiger partial charge in [-0.1, -0.05) is 24.6 Å². The highest BCUT2D eigenvalue weighted by Crippen LogP contribution is 2.37. The Labute approximate surface area is 180 Å². The monoisotopic (exact) mass is 432 g/mol. The highest BCUT2D eigenvalue weighted by molar-refractivity contribution is 7.99. The van der Waals surface area contributed by atoms with Gasteiger partial charge >= 0.3 is 5.97 Å². The van der Waals surface area contributed by atoms with Gasteiger partial charge in [-0.25, -0.2) is 4.79 Å². The van der Waals surface area contributed by atoms with Gasteiger partial charge in [0.1, 0.15) is 5.00 Å². The summed E-state index contributed by atoms with van der Waals surface area (Å²) < 4.78 is 4.99. The molecular weight excluding hydrogens is 404 g/mol. The van der Waals surface area contributed by atoms with Crippen LogP contribution in [0.15, 0.2) is 29.2 Å². The van der Waals surface area contributed by atoms with Crippen molar-refractivity contribution >= 4 is 40.0 Å². The van der Waals surface area contributed by atoms with Crippen LogP contribution in [0.25, 0.3) is 0 Å². The molecule has 0 fully saturated rings. The molecule has 0 radical (unpaired) electrons. The predicted molar refractivity (Wildman–Crippen MR) is 120 cm³/mol. The Kier molecular flexibility index (Phi) is 7.75. The second kappa shape index (κ2) is 10.3. The zero-order chi connectivity index (χ0) is 20.8. The van der Waals surface area contributed by atoms with Gasteiger partial charge in [0.25, 0.3) is 0 Å². The van der Waals surface area contributed by atoms with Gasteiger partial charge in [-0.15, -0.1) is 23.1 Å². The summed E-state index contributed by atoms with van der Waals surface area (Å²) in [6, 6.07) is 8.42. The van der Waals surface area contributed by atoms with Crippen LogP contribution in [0, 0.1) is 6.92 Å². The number of methoxy groups -OCH3 is 1. The lowest BCUT2D eigenvalue weighted by molar-refractivity contribution is -0.116. The lowest BCUT2D eigenvalue weighted by Crippen LogP contribution is -2.29. The minimum Gasteiger partial charge on any atom is -0.465 e. The van der Waals surface area contributed by atoms with Crippen LogP contribution in [0.2, 0.25) is 0 Å². The van der Waals surface area contributed by atoms with Gasteiger partial charge in [-0.05, 0) is 49.8 Å². The first-order valence-corrected chi connectivity index (χ1v) is 11.8. The number of fused-ring (bicyclic) bond motifs is 1. The molecule has 0 unspecified atom stereocenters. The van der Waals surface area contributed by atoms with Gasteiger partial charge < -0.3 is 10.1 Å². The third-order valence-corrected chi connectivity index (χ3v) is 7.29. The van der Waals surface area contributed by atoms with Crippen molar-refractivity contribution in [3.63, 3.8) is 0 Å². The Balaban J connectivity index is 1.58.